The first-order chi connectivity index (χ1) is 26.8. The molecule has 0 saturated carbocycles. The number of aromatic carboxylic acids is 1. The molecule has 3 aromatic carbocycles. The molecule has 0 bridgehead atoms. The summed E-state index contributed by atoms with van der Waals surface area (Å²) in [5.41, 5.74) is 5.98. The Hall–Kier alpha value is -5.33. The van der Waals surface area contributed by atoms with Gasteiger partial charge in [-0.05, 0) is 110 Å². The number of benzene rings is 3. The smallest absolute Gasteiger partial charge is 0.335 e. The number of carbonyl (C=O) groups is 5. The maximum Gasteiger partial charge on any atom is 0.335 e. The summed E-state index contributed by atoms with van der Waals surface area (Å²) in [6.45, 7) is 8.00. The number of aliphatic carboxylic acids is 1. The van der Waals surface area contributed by atoms with Crippen molar-refractivity contribution < 1.29 is 34.2 Å². The quantitative estimate of drug-likeness (QED) is 0.0798. The summed E-state index contributed by atoms with van der Waals surface area (Å²) >= 11 is 1.47. The van der Waals surface area contributed by atoms with Gasteiger partial charge in [0.1, 0.15) is 5.00 Å². The van der Waals surface area contributed by atoms with Gasteiger partial charge in [0.25, 0.3) is 11.8 Å². The van der Waals surface area contributed by atoms with Crippen molar-refractivity contribution in [2.45, 2.75) is 84.7 Å². The van der Waals surface area contributed by atoms with Crippen molar-refractivity contribution in [1.29, 1.82) is 0 Å². The summed E-state index contributed by atoms with van der Waals surface area (Å²) in [5.74, 6) is -2.38. The number of hydrogen-bond acceptors (Lipinski definition) is 7. The number of carboxylic acids is 2. The van der Waals surface area contributed by atoms with Crippen LogP contribution in [0.25, 0.3) is 0 Å². The Kier molecular flexibility index (Phi) is 14.6. The van der Waals surface area contributed by atoms with Gasteiger partial charge in [-0.3, -0.25) is 24.1 Å². The molecule has 0 fully saturated rings. The number of nitrogens with zero attached hydrogens (tertiary/aromatic N) is 2. The molecule has 296 valence electrons. The fourth-order valence-electron chi connectivity index (χ4n) is 6.82. The van der Waals surface area contributed by atoms with Gasteiger partial charge in [0.05, 0.1) is 17.5 Å². The zero-order valence-corrected chi connectivity index (χ0v) is 33.4. The highest BCUT2D eigenvalue weighted by Crippen LogP contribution is 2.39. The van der Waals surface area contributed by atoms with E-state index in [1.165, 1.54) is 11.3 Å². The highest BCUT2D eigenvalue weighted by atomic mass is 32.1. The standard InChI is InChI=1S/C44H52N4O7S/c1-28(2)29(3)48(25-24-47(4)38(49)22-23-39(50)51)27-32-8-7-9-34(26-32)41(52)46-43-40(36-10-5-6-11-37(36)56-43)42(53)45-35-20-16-31(17-21-35)13-12-30-14-18-33(19-15-30)44(54)55/h7-9,14-21,26,28-29H,5-6,10-13,22-25,27H2,1-4H3,(H,45,53)(H,46,52)(H,50,51)(H,54,55)/t29-/m1/s1. The van der Waals surface area contributed by atoms with Crippen molar-refractivity contribution in [3.63, 3.8) is 0 Å². The van der Waals surface area contributed by atoms with Crippen LogP contribution in [0.5, 0.6) is 0 Å². The molecular formula is C44H52N4O7S. The van der Waals surface area contributed by atoms with Crippen LogP contribution in [0.4, 0.5) is 10.7 Å². The van der Waals surface area contributed by atoms with E-state index in [9.17, 15) is 24.0 Å². The molecule has 1 aliphatic rings. The highest BCUT2D eigenvalue weighted by molar-refractivity contribution is 7.17. The number of aryl methyl sites for hydroxylation is 3. The van der Waals surface area contributed by atoms with E-state index in [1.54, 1.807) is 30.1 Å². The van der Waals surface area contributed by atoms with Crippen LogP contribution in [-0.2, 0) is 41.8 Å². The van der Waals surface area contributed by atoms with Crippen LogP contribution >= 0.6 is 11.3 Å². The lowest BCUT2D eigenvalue weighted by atomic mass is 9.95. The van der Waals surface area contributed by atoms with E-state index in [4.69, 9.17) is 10.2 Å². The largest absolute Gasteiger partial charge is 0.481 e. The lowest BCUT2D eigenvalue weighted by Gasteiger charge is -2.33. The maximum atomic E-state index is 13.9. The summed E-state index contributed by atoms with van der Waals surface area (Å²) in [5, 5.41) is 24.8. The Morgan fingerprint density at radius 2 is 1.41 bits per heavy atom. The van der Waals surface area contributed by atoms with E-state index in [0.29, 0.717) is 47.4 Å². The Morgan fingerprint density at radius 3 is 2.05 bits per heavy atom. The number of hydrogen-bond donors (Lipinski definition) is 4. The normalized spacial score (nSPS) is 12.9. The lowest BCUT2D eigenvalue weighted by Crippen LogP contribution is -2.42. The second-order valence-electron chi connectivity index (χ2n) is 14.9. The van der Waals surface area contributed by atoms with Crippen molar-refractivity contribution in [2.24, 2.45) is 5.92 Å². The number of likely N-dealkylation sites (N-methyl/N-ethyl adjacent to an activating group) is 1. The Bertz CT molecular complexity index is 2020. The molecule has 0 unspecified atom stereocenters. The number of anilines is 2. The molecule has 0 spiro atoms. The van der Waals surface area contributed by atoms with Crippen molar-refractivity contribution >= 4 is 51.7 Å². The summed E-state index contributed by atoms with van der Waals surface area (Å²) in [7, 11) is 1.69. The fourth-order valence-corrected chi connectivity index (χ4v) is 8.10. The molecule has 1 heterocycles. The monoisotopic (exact) mass is 780 g/mol. The SMILES string of the molecule is CC(C)[C@@H](C)N(CCN(C)C(=O)CCC(=O)O)Cc1cccc(C(=O)Nc2sc3c(c2C(=O)Nc2ccc(CCc4ccc(C(=O)O)cc4)cc2)CCCC3)c1. The van der Waals surface area contributed by atoms with Gasteiger partial charge in [0, 0.05) is 55.3 Å². The second-order valence-corrected chi connectivity index (χ2v) is 16.0. The number of rotatable bonds is 18. The van der Waals surface area contributed by atoms with E-state index in [-0.39, 0.29) is 42.2 Å². The van der Waals surface area contributed by atoms with Crippen molar-refractivity contribution in [3.8, 4) is 0 Å². The predicted molar refractivity (Wildman–Crippen MR) is 220 cm³/mol. The topological polar surface area (TPSA) is 156 Å². The molecule has 12 heteroatoms. The number of carboxylic acid groups (broad SMARTS) is 2. The third kappa shape index (κ3) is 11.4. The summed E-state index contributed by atoms with van der Waals surface area (Å²) in [4.78, 5) is 67.3. The fraction of sp³-hybridized carbons (Fsp3) is 0.386. The van der Waals surface area contributed by atoms with E-state index in [0.717, 1.165) is 65.7 Å². The third-order valence-corrected chi connectivity index (χ3v) is 11.8. The molecule has 4 N–H and O–H groups in total. The summed E-state index contributed by atoms with van der Waals surface area (Å²) in [6, 6.07) is 22.2. The Labute approximate surface area is 332 Å². The van der Waals surface area contributed by atoms with Crippen LogP contribution < -0.4 is 10.6 Å². The number of thiophene rings is 1. The Balaban J connectivity index is 1.25. The van der Waals surface area contributed by atoms with E-state index < -0.39 is 11.9 Å². The van der Waals surface area contributed by atoms with E-state index in [1.807, 2.05) is 54.6 Å². The maximum absolute atomic E-state index is 13.9. The molecule has 4 aromatic rings. The molecule has 0 radical (unpaired) electrons. The van der Waals surface area contributed by atoms with Gasteiger partial charge in [-0.1, -0.05) is 50.2 Å². The molecule has 3 amide bonds. The second kappa shape index (κ2) is 19.5. The van der Waals surface area contributed by atoms with Gasteiger partial charge in [-0.15, -0.1) is 11.3 Å². The van der Waals surface area contributed by atoms with E-state index in [2.05, 4.69) is 36.3 Å². The number of fused-ring (bicyclic) bond motifs is 1. The number of nitrogens with one attached hydrogen (secondary N) is 2. The minimum Gasteiger partial charge on any atom is -0.481 e. The van der Waals surface area contributed by atoms with Crippen molar-refractivity contribution in [2.75, 3.05) is 30.8 Å². The van der Waals surface area contributed by atoms with Gasteiger partial charge in [-0.25, -0.2) is 4.79 Å². The van der Waals surface area contributed by atoms with Crippen molar-refractivity contribution in [3.05, 3.63) is 117 Å². The molecular weight excluding hydrogens is 729 g/mol. The minimum absolute atomic E-state index is 0.0383. The Morgan fingerprint density at radius 1 is 0.750 bits per heavy atom. The third-order valence-electron chi connectivity index (χ3n) is 10.6. The molecule has 0 saturated heterocycles. The van der Waals surface area contributed by atoms with Gasteiger partial charge < -0.3 is 25.7 Å². The van der Waals surface area contributed by atoms with Crippen LogP contribution in [-0.4, -0.2) is 75.9 Å². The average Bonchev–Trinajstić information content (AvgIpc) is 3.55. The van der Waals surface area contributed by atoms with Crippen LogP contribution in [0.1, 0.15) is 105 Å². The molecule has 0 aliphatic heterocycles. The zero-order valence-electron chi connectivity index (χ0n) is 32.6. The summed E-state index contributed by atoms with van der Waals surface area (Å²) in [6.07, 6.45) is 4.93. The van der Waals surface area contributed by atoms with Gasteiger partial charge >= 0.3 is 11.9 Å². The molecule has 5 rings (SSSR count). The first-order valence-corrected chi connectivity index (χ1v) is 20.1. The van der Waals surface area contributed by atoms with E-state index >= 15 is 0 Å². The molecule has 1 atom stereocenters. The van der Waals surface area contributed by atoms with Crippen LogP contribution in [0, 0.1) is 5.92 Å². The van der Waals surface area contributed by atoms with Gasteiger partial charge in [0.2, 0.25) is 5.91 Å². The molecule has 1 aromatic heterocycles. The van der Waals surface area contributed by atoms with Gasteiger partial charge in [0.15, 0.2) is 0 Å². The first-order valence-electron chi connectivity index (χ1n) is 19.3. The number of amides is 3. The average molecular weight is 781 g/mol. The van der Waals surface area contributed by atoms with Gasteiger partial charge in [-0.2, -0.15) is 0 Å². The first kappa shape index (κ1) is 41.8. The zero-order chi connectivity index (χ0) is 40.4. The molecule has 56 heavy (non-hydrogen) atoms. The van der Waals surface area contributed by atoms with Crippen molar-refractivity contribution in [1.82, 2.24) is 9.80 Å². The highest BCUT2D eigenvalue weighted by Gasteiger charge is 2.27. The molecule has 11 nitrogen and oxygen atoms in total. The van der Waals surface area contributed by atoms with Crippen LogP contribution in [0.3, 0.4) is 0 Å². The lowest BCUT2D eigenvalue weighted by molar-refractivity contribution is -0.140. The molecule has 1 aliphatic carbocycles. The summed E-state index contributed by atoms with van der Waals surface area (Å²) < 4.78 is 0. The van der Waals surface area contributed by atoms with Crippen LogP contribution in [0.15, 0.2) is 72.8 Å². The predicted octanol–water partition coefficient (Wildman–Crippen LogP) is 7.78. The van der Waals surface area contributed by atoms with Crippen LogP contribution in [0.2, 0.25) is 0 Å². The number of carbonyl (C=O) groups excluding carboxylic acids is 3. The minimum atomic E-state index is -0.996.